The summed E-state index contributed by atoms with van der Waals surface area (Å²) in [6.07, 6.45) is 3.28. The van der Waals surface area contributed by atoms with Crippen molar-refractivity contribution in [2.24, 2.45) is 11.7 Å². The molecule has 0 aliphatic heterocycles. The number of rotatable bonds is 7. The molecule has 1 aromatic rings. The quantitative estimate of drug-likeness (QED) is 0.783. The molecule has 1 amide bonds. The molecule has 0 radical (unpaired) electrons. The second kappa shape index (κ2) is 8.50. The molecule has 1 unspecified atom stereocenters. The summed E-state index contributed by atoms with van der Waals surface area (Å²) in [5.74, 6) is 0.434. The minimum absolute atomic E-state index is 0.0603. The van der Waals surface area contributed by atoms with Crippen molar-refractivity contribution in [3.63, 3.8) is 0 Å². The molecule has 0 bridgehead atoms. The molecule has 0 fully saturated rings. The highest BCUT2D eigenvalue weighted by atomic mass is 35.5. The zero-order chi connectivity index (χ0) is 15.1. The second-order valence-corrected chi connectivity index (χ2v) is 5.78. The first-order valence-electron chi connectivity index (χ1n) is 6.94. The summed E-state index contributed by atoms with van der Waals surface area (Å²) in [6.45, 7) is 4.66. The van der Waals surface area contributed by atoms with Gasteiger partial charge in [0.05, 0.1) is 15.7 Å². The van der Waals surface area contributed by atoms with Crippen LogP contribution >= 0.6 is 23.2 Å². The maximum atomic E-state index is 12.0. The number of carbonyl (C=O) groups is 1. The van der Waals surface area contributed by atoms with Crippen LogP contribution < -0.4 is 11.1 Å². The Morgan fingerprint density at radius 2 is 2.05 bits per heavy atom. The fourth-order valence-electron chi connectivity index (χ4n) is 2.10. The van der Waals surface area contributed by atoms with Crippen molar-refractivity contribution in [1.29, 1.82) is 0 Å². The van der Waals surface area contributed by atoms with Crippen LogP contribution in [0.15, 0.2) is 12.1 Å². The number of hydrogen-bond donors (Lipinski definition) is 2. The summed E-state index contributed by atoms with van der Waals surface area (Å²) in [4.78, 5) is 12.0. The Balaban J connectivity index is 2.61. The summed E-state index contributed by atoms with van der Waals surface area (Å²) in [6, 6.07) is 3.57. The molecule has 0 saturated heterocycles. The Morgan fingerprint density at radius 3 is 2.65 bits per heavy atom. The van der Waals surface area contributed by atoms with E-state index in [1.54, 1.807) is 6.07 Å². The lowest BCUT2D eigenvalue weighted by atomic mass is 9.96. The fourth-order valence-corrected chi connectivity index (χ4v) is 2.56. The zero-order valence-electron chi connectivity index (χ0n) is 12.0. The van der Waals surface area contributed by atoms with Crippen LogP contribution in [0.25, 0.3) is 0 Å². The lowest BCUT2D eigenvalue weighted by molar-refractivity contribution is -0.116. The SMILES string of the molecule is CCC(CCN)CCC(=O)Nc1c(Cl)ccc(C)c1Cl. The third-order valence-electron chi connectivity index (χ3n) is 3.48. The number of carbonyl (C=O) groups excluding carboxylic acids is 1. The number of hydrogen-bond acceptors (Lipinski definition) is 2. The average molecular weight is 317 g/mol. The van der Waals surface area contributed by atoms with Gasteiger partial charge in [-0.25, -0.2) is 0 Å². The van der Waals surface area contributed by atoms with Crippen molar-refractivity contribution in [2.75, 3.05) is 11.9 Å². The minimum atomic E-state index is -0.0603. The highest BCUT2D eigenvalue weighted by Gasteiger charge is 2.13. The third-order valence-corrected chi connectivity index (χ3v) is 4.28. The minimum Gasteiger partial charge on any atom is -0.330 e. The highest BCUT2D eigenvalue weighted by molar-refractivity contribution is 6.40. The number of anilines is 1. The van der Waals surface area contributed by atoms with Gasteiger partial charge >= 0.3 is 0 Å². The summed E-state index contributed by atoms with van der Waals surface area (Å²) in [5, 5.41) is 3.77. The van der Waals surface area contributed by atoms with Gasteiger partial charge in [0.15, 0.2) is 0 Å². The number of amides is 1. The summed E-state index contributed by atoms with van der Waals surface area (Å²) in [5.41, 5.74) is 6.95. The summed E-state index contributed by atoms with van der Waals surface area (Å²) in [7, 11) is 0. The molecule has 1 atom stereocenters. The predicted octanol–water partition coefficient (Wildman–Crippen LogP) is 4.40. The molecule has 1 aromatic carbocycles. The highest BCUT2D eigenvalue weighted by Crippen LogP contribution is 2.33. The van der Waals surface area contributed by atoms with E-state index in [-0.39, 0.29) is 5.91 Å². The topological polar surface area (TPSA) is 55.1 Å². The fraction of sp³-hybridized carbons (Fsp3) is 0.533. The summed E-state index contributed by atoms with van der Waals surface area (Å²) < 4.78 is 0. The van der Waals surface area contributed by atoms with Crippen molar-refractivity contribution in [1.82, 2.24) is 0 Å². The molecule has 0 aliphatic rings. The molecule has 112 valence electrons. The third kappa shape index (κ3) is 4.97. The van der Waals surface area contributed by atoms with E-state index in [9.17, 15) is 4.79 Å². The van der Waals surface area contributed by atoms with E-state index in [4.69, 9.17) is 28.9 Å². The van der Waals surface area contributed by atoms with Gasteiger partial charge in [-0.3, -0.25) is 4.79 Å². The van der Waals surface area contributed by atoms with Gasteiger partial charge in [-0.1, -0.05) is 42.6 Å². The Kier molecular flexibility index (Phi) is 7.35. The van der Waals surface area contributed by atoms with Gasteiger partial charge in [-0.2, -0.15) is 0 Å². The maximum Gasteiger partial charge on any atom is 0.224 e. The van der Waals surface area contributed by atoms with E-state index in [2.05, 4.69) is 12.2 Å². The molecule has 0 aliphatic carbocycles. The molecular formula is C15H22Cl2N2O. The van der Waals surface area contributed by atoms with E-state index in [0.717, 1.165) is 24.8 Å². The number of nitrogens with two attached hydrogens (primary N) is 1. The van der Waals surface area contributed by atoms with Crippen molar-refractivity contribution in [3.8, 4) is 0 Å². The molecule has 1 rings (SSSR count). The second-order valence-electron chi connectivity index (χ2n) is 4.99. The van der Waals surface area contributed by atoms with Crippen LogP contribution in [0.4, 0.5) is 5.69 Å². The van der Waals surface area contributed by atoms with Gasteiger partial charge in [0.1, 0.15) is 0 Å². The van der Waals surface area contributed by atoms with Gasteiger partial charge in [-0.15, -0.1) is 0 Å². The summed E-state index contributed by atoms with van der Waals surface area (Å²) >= 11 is 12.2. The van der Waals surface area contributed by atoms with Crippen LogP contribution in [0.3, 0.4) is 0 Å². The van der Waals surface area contributed by atoms with Crippen LogP contribution in [0, 0.1) is 12.8 Å². The molecule has 0 spiro atoms. The van der Waals surface area contributed by atoms with Gasteiger partial charge in [0.25, 0.3) is 0 Å². The Hall–Kier alpha value is -0.770. The Morgan fingerprint density at radius 1 is 1.35 bits per heavy atom. The molecule has 5 heteroatoms. The Bertz CT molecular complexity index is 463. The Labute approximate surface area is 130 Å². The number of halogens is 2. The molecule has 20 heavy (non-hydrogen) atoms. The van der Waals surface area contributed by atoms with Crippen LogP contribution in [0.1, 0.15) is 38.2 Å². The van der Waals surface area contributed by atoms with Gasteiger partial charge in [0, 0.05) is 6.42 Å². The smallest absolute Gasteiger partial charge is 0.224 e. The van der Waals surface area contributed by atoms with E-state index >= 15 is 0 Å². The first-order valence-corrected chi connectivity index (χ1v) is 7.69. The van der Waals surface area contributed by atoms with Crippen LogP contribution in [0.2, 0.25) is 10.0 Å². The van der Waals surface area contributed by atoms with Crippen molar-refractivity contribution < 1.29 is 4.79 Å². The van der Waals surface area contributed by atoms with Crippen LogP contribution in [0.5, 0.6) is 0 Å². The van der Waals surface area contributed by atoms with E-state index in [0.29, 0.717) is 34.6 Å². The average Bonchev–Trinajstić information content (AvgIpc) is 2.43. The first-order chi connectivity index (χ1) is 9.49. The monoisotopic (exact) mass is 316 g/mol. The van der Waals surface area contributed by atoms with E-state index < -0.39 is 0 Å². The molecular weight excluding hydrogens is 295 g/mol. The normalized spacial score (nSPS) is 12.2. The zero-order valence-corrected chi connectivity index (χ0v) is 13.5. The van der Waals surface area contributed by atoms with E-state index in [1.165, 1.54) is 0 Å². The maximum absolute atomic E-state index is 12.0. The first kappa shape index (κ1) is 17.3. The van der Waals surface area contributed by atoms with Gasteiger partial charge in [0.2, 0.25) is 5.91 Å². The predicted molar refractivity (Wildman–Crippen MR) is 86.5 cm³/mol. The number of aryl methyl sites for hydroxylation is 1. The van der Waals surface area contributed by atoms with Crippen molar-refractivity contribution in [3.05, 3.63) is 27.7 Å². The van der Waals surface area contributed by atoms with Crippen molar-refractivity contribution in [2.45, 2.75) is 39.5 Å². The molecule has 0 saturated carbocycles. The van der Waals surface area contributed by atoms with Crippen LogP contribution in [-0.2, 0) is 4.79 Å². The lowest BCUT2D eigenvalue weighted by Crippen LogP contribution is -2.15. The largest absolute Gasteiger partial charge is 0.330 e. The van der Waals surface area contributed by atoms with E-state index in [1.807, 2.05) is 13.0 Å². The molecule has 0 heterocycles. The molecule has 0 aromatic heterocycles. The number of nitrogens with one attached hydrogen (secondary N) is 1. The lowest BCUT2D eigenvalue weighted by Gasteiger charge is -2.14. The van der Waals surface area contributed by atoms with Gasteiger partial charge in [-0.05, 0) is 43.9 Å². The standard InChI is InChI=1S/C15H22Cl2N2O/c1-3-11(8-9-18)5-7-13(20)19-15-12(16)6-4-10(2)14(15)17/h4,6,11H,3,5,7-9,18H2,1-2H3,(H,19,20). The van der Waals surface area contributed by atoms with Crippen molar-refractivity contribution >= 4 is 34.8 Å². The van der Waals surface area contributed by atoms with Gasteiger partial charge < -0.3 is 11.1 Å². The molecule has 3 N–H and O–H groups in total. The molecule has 3 nitrogen and oxygen atoms in total. The van der Waals surface area contributed by atoms with Crippen LogP contribution in [-0.4, -0.2) is 12.5 Å². The number of benzene rings is 1.